The summed E-state index contributed by atoms with van der Waals surface area (Å²) in [5.41, 5.74) is 5.93. The minimum Gasteiger partial charge on any atom is -0.479 e. The number of hydrogen-bond donors (Lipinski definition) is 1. The maximum absolute atomic E-state index is 11.1. The molecule has 1 aromatic heterocycles. The number of ether oxygens (including phenoxy) is 1. The van der Waals surface area contributed by atoms with Gasteiger partial charge >= 0.3 is 0 Å². The molecule has 1 aromatic carbocycles. The van der Waals surface area contributed by atoms with E-state index in [0.29, 0.717) is 17.1 Å². The van der Waals surface area contributed by atoms with Crippen molar-refractivity contribution in [3.8, 4) is 5.75 Å². The van der Waals surface area contributed by atoms with Crippen LogP contribution in [-0.4, -0.2) is 12.5 Å². The lowest BCUT2D eigenvalue weighted by molar-refractivity contribution is 0.0989. The highest BCUT2D eigenvalue weighted by molar-refractivity contribution is 5.96. The Labute approximate surface area is 86.6 Å². The van der Waals surface area contributed by atoms with Gasteiger partial charge in [0.15, 0.2) is 11.5 Å². The first-order valence-electron chi connectivity index (χ1n) is 4.58. The van der Waals surface area contributed by atoms with E-state index in [1.165, 1.54) is 6.92 Å². The van der Waals surface area contributed by atoms with E-state index in [9.17, 15) is 4.79 Å². The van der Waals surface area contributed by atoms with Crippen LogP contribution in [0.1, 0.15) is 17.5 Å². The van der Waals surface area contributed by atoms with E-state index in [1.807, 2.05) is 0 Å². The van der Waals surface area contributed by atoms with Crippen molar-refractivity contribution in [2.45, 2.75) is 6.92 Å². The third-order valence-electron chi connectivity index (χ3n) is 2.08. The maximum atomic E-state index is 11.1. The standard InChI is InChI=1S/C11H11NO3/c1-7(13)11-5-8-4-9(14-6-12)2-3-10(8)15-11/h2-5H,6,12H2,1H3. The van der Waals surface area contributed by atoms with Gasteiger partial charge in [0.1, 0.15) is 18.1 Å². The van der Waals surface area contributed by atoms with Gasteiger partial charge in [-0.3, -0.25) is 10.5 Å². The molecule has 0 radical (unpaired) electrons. The number of benzene rings is 1. The van der Waals surface area contributed by atoms with E-state index in [0.717, 1.165) is 5.39 Å². The summed E-state index contributed by atoms with van der Waals surface area (Å²) in [4.78, 5) is 11.1. The average Bonchev–Trinajstić information content (AvgIpc) is 2.61. The summed E-state index contributed by atoms with van der Waals surface area (Å²) in [5, 5.41) is 0.839. The molecule has 0 bridgehead atoms. The van der Waals surface area contributed by atoms with Crippen LogP contribution in [0, 0.1) is 0 Å². The lowest BCUT2D eigenvalue weighted by Crippen LogP contribution is -2.06. The molecule has 0 saturated carbocycles. The smallest absolute Gasteiger partial charge is 0.194 e. The molecule has 0 aliphatic carbocycles. The van der Waals surface area contributed by atoms with Gasteiger partial charge in [-0.05, 0) is 24.3 Å². The Balaban J connectivity index is 2.47. The zero-order valence-corrected chi connectivity index (χ0v) is 8.32. The largest absolute Gasteiger partial charge is 0.479 e. The van der Waals surface area contributed by atoms with Crippen molar-refractivity contribution in [1.82, 2.24) is 0 Å². The number of carbonyl (C=O) groups is 1. The minimum absolute atomic E-state index is 0.0903. The van der Waals surface area contributed by atoms with Crippen LogP contribution < -0.4 is 10.5 Å². The average molecular weight is 205 g/mol. The van der Waals surface area contributed by atoms with Crippen LogP contribution in [0.5, 0.6) is 5.75 Å². The van der Waals surface area contributed by atoms with Crippen molar-refractivity contribution >= 4 is 16.8 Å². The molecule has 0 aliphatic rings. The second kappa shape index (κ2) is 3.74. The predicted octanol–water partition coefficient (Wildman–Crippen LogP) is 1.93. The minimum atomic E-state index is -0.0903. The predicted molar refractivity (Wildman–Crippen MR) is 55.9 cm³/mol. The van der Waals surface area contributed by atoms with Gasteiger partial charge in [-0.1, -0.05) is 0 Å². The van der Waals surface area contributed by atoms with Gasteiger partial charge in [0.2, 0.25) is 0 Å². The highest BCUT2D eigenvalue weighted by Gasteiger charge is 2.08. The molecule has 1 heterocycles. The molecule has 0 atom stereocenters. The second-order valence-electron chi connectivity index (χ2n) is 3.18. The third kappa shape index (κ3) is 1.85. The van der Waals surface area contributed by atoms with Crippen LogP contribution in [0.2, 0.25) is 0 Å². The van der Waals surface area contributed by atoms with Gasteiger partial charge in [0.25, 0.3) is 0 Å². The van der Waals surface area contributed by atoms with Crippen LogP contribution in [0.3, 0.4) is 0 Å². The van der Waals surface area contributed by atoms with Crippen LogP contribution in [0.15, 0.2) is 28.7 Å². The molecule has 4 nitrogen and oxygen atoms in total. The van der Waals surface area contributed by atoms with Crippen LogP contribution >= 0.6 is 0 Å². The van der Waals surface area contributed by atoms with E-state index < -0.39 is 0 Å². The van der Waals surface area contributed by atoms with Crippen LogP contribution in [0.4, 0.5) is 0 Å². The van der Waals surface area contributed by atoms with E-state index in [-0.39, 0.29) is 12.5 Å². The molecule has 0 unspecified atom stereocenters. The zero-order chi connectivity index (χ0) is 10.8. The van der Waals surface area contributed by atoms with Gasteiger partial charge in [0.05, 0.1) is 0 Å². The number of hydrogen-bond acceptors (Lipinski definition) is 4. The first-order chi connectivity index (χ1) is 7.20. The topological polar surface area (TPSA) is 65.5 Å². The molecular formula is C11H11NO3. The molecular weight excluding hydrogens is 194 g/mol. The Morgan fingerprint density at radius 1 is 1.47 bits per heavy atom. The first kappa shape index (κ1) is 9.73. The summed E-state index contributed by atoms with van der Waals surface area (Å²) in [6.07, 6.45) is 0. The monoisotopic (exact) mass is 205 g/mol. The lowest BCUT2D eigenvalue weighted by atomic mass is 10.2. The normalized spacial score (nSPS) is 10.5. The molecule has 2 N–H and O–H groups in total. The zero-order valence-electron chi connectivity index (χ0n) is 8.32. The molecule has 0 fully saturated rings. The van der Waals surface area contributed by atoms with Gasteiger partial charge < -0.3 is 9.15 Å². The molecule has 2 aromatic rings. The number of fused-ring (bicyclic) bond motifs is 1. The summed E-state index contributed by atoms with van der Waals surface area (Å²) in [6.45, 7) is 1.60. The molecule has 4 heteroatoms. The van der Waals surface area contributed by atoms with Crippen molar-refractivity contribution in [1.29, 1.82) is 0 Å². The van der Waals surface area contributed by atoms with Crippen molar-refractivity contribution in [3.63, 3.8) is 0 Å². The van der Waals surface area contributed by atoms with Gasteiger partial charge in [-0.2, -0.15) is 0 Å². The fraction of sp³-hybridized carbons (Fsp3) is 0.182. The third-order valence-corrected chi connectivity index (χ3v) is 2.08. The van der Waals surface area contributed by atoms with Crippen LogP contribution in [-0.2, 0) is 0 Å². The summed E-state index contributed by atoms with van der Waals surface area (Å²) in [6, 6.07) is 6.99. The highest BCUT2D eigenvalue weighted by atomic mass is 16.5. The first-order valence-corrected chi connectivity index (χ1v) is 4.58. The molecule has 15 heavy (non-hydrogen) atoms. The van der Waals surface area contributed by atoms with Crippen LogP contribution in [0.25, 0.3) is 11.0 Å². The van der Waals surface area contributed by atoms with Crippen molar-refractivity contribution in [3.05, 3.63) is 30.0 Å². The molecule has 0 spiro atoms. The SMILES string of the molecule is CC(=O)c1cc2cc(OCN)ccc2o1. The number of rotatable bonds is 3. The maximum Gasteiger partial charge on any atom is 0.194 e. The molecule has 2 rings (SSSR count). The van der Waals surface area contributed by atoms with E-state index >= 15 is 0 Å². The number of furan rings is 1. The quantitative estimate of drug-likeness (QED) is 0.614. The fourth-order valence-electron chi connectivity index (χ4n) is 1.38. The van der Waals surface area contributed by atoms with E-state index in [4.69, 9.17) is 14.9 Å². The molecule has 78 valence electrons. The Bertz CT molecular complexity index is 502. The molecule has 0 amide bonds. The van der Waals surface area contributed by atoms with Gasteiger partial charge in [-0.25, -0.2) is 0 Å². The fourth-order valence-corrected chi connectivity index (χ4v) is 1.38. The molecule has 0 saturated heterocycles. The summed E-state index contributed by atoms with van der Waals surface area (Å²) in [7, 11) is 0. The van der Waals surface area contributed by atoms with Crippen molar-refractivity contribution < 1.29 is 13.9 Å². The number of nitrogens with two attached hydrogens (primary N) is 1. The van der Waals surface area contributed by atoms with E-state index in [2.05, 4.69) is 0 Å². The van der Waals surface area contributed by atoms with Crippen molar-refractivity contribution in [2.75, 3.05) is 6.73 Å². The Kier molecular flexibility index (Phi) is 2.43. The Morgan fingerprint density at radius 3 is 2.93 bits per heavy atom. The second-order valence-corrected chi connectivity index (χ2v) is 3.18. The summed E-state index contributed by atoms with van der Waals surface area (Å²) >= 11 is 0. The van der Waals surface area contributed by atoms with E-state index in [1.54, 1.807) is 24.3 Å². The Morgan fingerprint density at radius 2 is 2.27 bits per heavy atom. The summed E-state index contributed by atoms with van der Waals surface area (Å²) < 4.78 is 10.5. The highest BCUT2D eigenvalue weighted by Crippen LogP contribution is 2.24. The number of Topliss-reactive ketones (excluding diaryl/α,β-unsaturated/α-hetero) is 1. The van der Waals surface area contributed by atoms with Crippen molar-refractivity contribution in [2.24, 2.45) is 5.73 Å². The number of ketones is 1. The molecule has 0 aliphatic heterocycles. The van der Waals surface area contributed by atoms with Gasteiger partial charge in [-0.15, -0.1) is 0 Å². The number of carbonyl (C=O) groups excluding carboxylic acids is 1. The Hall–Kier alpha value is -1.81. The van der Waals surface area contributed by atoms with Gasteiger partial charge in [0, 0.05) is 12.3 Å². The summed E-state index contributed by atoms with van der Waals surface area (Å²) in [5.74, 6) is 0.934. The lowest BCUT2D eigenvalue weighted by Gasteiger charge is -2.00.